The highest BCUT2D eigenvalue weighted by atomic mass is 79.9. The monoisotopic (exact) mass is 382 g/mol. The lowest BCUT2D eigenvalue weighted by atomic mass is 9.84. The molecular formula is C18H20BrClS. The van der Waals surface area contributed by atoms with Gasteiger partial charge in [0.15, 0.2) is 0 Å². The Morgan fingerprint density at radius 2 is 1.81 bits per heavy atom. The van der Waals surface area contributed by atoms with Gasteiger partial charge >= 0.3 is 0 Å². The molecule has 3 heteroatoms. The third-order valence-electron chi connectivity index (χ3n) is 4.46. The molecule has 0 spiro atoms. The summed E-state index contributed by atoms with van der Waals surface area (Å²) in [7, 11) is 0. The normalized spacial score (nSPS) is 17.9. The van der Waals surface area contributed by atoms with E-state index in [1.54, 1.807) is 11.3 Å². The number of hydrogen-bond donors (Lipinski definition) is 0. The first-order valence-corrected chi connectivity index (χ1v) is 9.81. The Labute approximate surface area is 144 Å². The number of hydrogen-bond acceptors (Lipinski definition) is 1. The second-order valence-electron chi connectivity index (χ2n) is 5.96. The minimum absolute atomic E-state index is 0.198. The molecule has 0 nitrogen and oxygen atoms in total. The third kappa shape index (κ3) is 3.38. The molecule has 1 fully saturated rings. The Morgan fingerprint density at radius 3 is 2.38 bits per heavy atom. The molecule has 2 aromatic rings. The molecule has 112 valence electrons. The van der Waals surface area contributed by atoms with Gasteiger partial charge in [0.1, 0.15) is 0 Å². The molecule has 1 heterocycles. The second kappa shape index (κ2) is 6.85. The molecule has 0 N–H and O–H groups in total. The van der Waals surface area contributed by atoms with Crippen LogP contribution in [0.2, 0.25) is 5.02 Å². The number of thiophene rings is 1. The van der Waals surface area contributed by atoms with Gasteiger partial charge in [0.05, 0.1) is 9.85 Å². The Bertz CT molecular complexity index is 596. The SMILES string of the molecule is Cc1csc(C(Br)c2ccc(C3CCCCC3)cc2)c1Cl. The summed E-state index contributed by atoms with van der Waals surface area (Å²) in [5.41, 5.74) is 3.96. The summed E-state index contributed by atoms with van der Waals surface area (Å²) in [6, 6.07) is 9.14. The van der Waals surface area contributed by atoms with Crippen molar-refractivity contribution < 1.29 is 0 Å². The van der Waals surface area contributed by atoms with Crippen LogP contribution in [-0.4, -0.2) is 0 Å². The van der Waals surface area contributed by atoms with Gasteiger partial charge in [-0.2, -0.15) is 0 Å². The quantitative estimate of drug-likeness (QED) is 0.490. The highest BCUT2D eigenvalue weighted by molar-refractivity contribution is 9.09. The molecule has 3 rings (SSSR count). The van der Waals surface area contributed by atoms with Crippen molar-refractivity contribution in [2.45, 2.75) is 49.8 Å². The smallest absolute Gasteiger partial charge is 0.0753 e. The molecule has 0 bridgehead atoms. The standard InChI is InChI=1S/C18H20BrClS/c1-12-11-21-18(17(12)20)16(19)15-9-7-14(8-10-15)13-5-3-2-4-6-13/h7-11,13,16H,2-6H2,1H3. The van der Waals surface area contributed by atoms with Gasteiger partial charge in [0.2, 0.25) is 0 Å². The fourth-order valence-electron chi connectivity index (χ4n) is 3.15. The molecule has 0 aliphatic heterocycles. The van der Waals surface area contributed by atoms with Crippen LogP contribution >= 0.6 is 38.9 Å². The maximum atomic E-state index is 6.39. The summed E-state index contributed by atoms with van der Waals surface area (Å²) in [6.45, 7) is 2.06. The molecule has 21 heavy (non-hydrogen) atoms. The van der Waals surface area contributed by atoms with E-state index in [9.17, 15) is 0 Å². The molecule has 0 saturated heterocycles. The topological polar surface area (TPSA) is 0 Å². The average Bonchev–Trinajstić information content (AvgIpc) is 2.87. The van der Waals surface area contributed by atoms with Gasteiger partial charge in [-0.15, -0.1) is 11.3 Å². The first-order chi connectivity index (χ1) is 10.2. The highest BCUT2D eigenvalue weighted by Gasteiger charge is 2.19. The van der Waals surface area contributed by atoms with E-state index >= 15 is 0 Å². The van der Waals surface area contributed by atoms with Gasteiger partial charge in [-0.3, -0.25) is 0 Å². The highest BCUT2D eigenvalue weighted by Crippen LogP contribution is 2.41. The maximum absolute atomic E-state index is 6.39. The van der Waals surface area contributed by atoms with Crippen molar-refractivity contribution in [1.82, 2.24) is 0 Å². The molecule has 1 aliphatic rings. The molecule has 0 amide bonds. The fraction of sp³-hybridized carbons (Fsp3) is 0.444. The lowest BCUT2D eigenvalue weighted by molar-refractivity contribution is 0.443. The summed E-state index contributed by atoms with van der Waals surface area (Å²) in [4.78, 5) is 1.41. The van der Waals surface area contributed by atoms with Crippen molar-refractivity contribution in [2.24, 2.45) is 0 Å². The minimum Gasteiger partial charge on any atom is -0.145 e. The van der Waals surface area contributed by atoms with Crippen LogP contribution in [0.4, 0.5) is 0 Å². The second-order valence-corrected chi connectivity index (χ2v) is 8.17. The average molecular weight is 384 g/mol. The van der Waals surface area contributed by atoms with Crippen LogP contribution < -0.4 is 0 Å². The Hall–Kier alpha value is -0.310. The minimum atomic E-state index is 0.198. The number of alkyl halides is 1. The van der Waals surface area contributed by atoms with Crippen molar-refractivity contribution in [3.05, 3.63) is 56.2 Å². The zero-order valence-electron chi connectivity index (χ0n) is 12.2. The number of aryl methyl sites for hydroxylation is 1. The van der Waals surface area contributed by atoms with Crippen LogP contribution in [0.25, 0.3) is 0 Å². The van der Waals surface area contributed by atoms with Crippen molar-refractivity contribution in [2.75, 3.05) is 0 Å². The third-order valence-corrected chi connectivity index (χ3v) is 7.53. The fourth-order valence-corrected chi connectivity index (χ4v) is 5.44. The predicted molar refractivity (Wildman–Crippen MR) is 97.1 cm³/mol. The van der Waals surface area contributed by atoms with Crippen molar-refractivity contribution in [1.29, 1.82) is 0 Å². The van der Waals surface area contributed by atoms with E-state index in [-0.39, 0.29) is 4.83 Å². The number of halogens is 2. The first-order valence-electron chi connectivity index (χ1n) is 7.64. The van der Waals surface area contributed by atoms with Gasteiger partial charge in [0, 0.05) is 4.88 Å². The van der Waals surface area contributed by atoms with Crippen LogP contribution in [0.3, 0.4) is 0 Å². The molecule has 1 aliphatic carbocycles. The van der Waals surface area contributed by atoms with Crippen molar-refractivity contribution >= 4 is 38.9 Å². The largest absolute Gasteiger partial charge is 0.145 e. The molecule has 1 saturated carbocycles. The molecular weight excluding hydrogens is 364 g/mol. The Balaban J connectivity index is 1.78. The summed E-state index contributed by atoms with van der Waals surface area (Å²) in [5, 5.41) is 3.03. The van der Waals surface area contributed by atoms with Crippen LogP contribution in [0.15, 0.2) is 29.6 Å². The molecule has 1 atom stereocenters. The Kier molecular flexibility index (Phi) is 5.08. The van der Waals surface area contributed by atoms with Crippen LogP contribution in [-0.2, 0) is 0 Å². The predicted octanol–water partition coefficient (Wildman–Crippen LogP) is 7.24. The van der Waals surface area contributed by atoms with Gasteiger partial charge in [-0.05, 0) is 47.8 Å². The molecule has 1 unspecified atom stereocenters. The summed E-state index contributed by atoms with van der Waals surface area (Å²) >= 11 is 11.9. The van der Waals surface area contributed by atoms with E-state index in [2.05, 4.69) is 52.5 Å². The number of benzene rings is 1. The molecule has 0 radical (unpaired) electrons. The van der Waals surface area contributed by atoms with E-state index in [0.29, 0.717) is 0 Å². The van der Waals surface area contributed by atoms with Crippen LogP contribution in [0.5, 0.6) is 0 Å². The van der Waals surface area contributed by atoms with E-state index in [4.69, 9.17) is 11.6 Å². The lowest BCUT2D eigenvalue weighted by Gasteiger charge is -2.22. The zero-order chi connectivity index (χ0) is 14.8. The van der Waals surface area contributed by atoms with Gasteiger partial charge in [0.25, 0.3) is 0 Å². The van der Waals surface area contributed by atoms with E-state index < -0.39 is 0 Å². The first kappa shape index (κ1) is 15.6. The van der Waals surface area contributed by atoms with Crippen molar-refractivity contribution in [3.63, 3.8) is 0 Å². The van der Waals surface area contributed by atoms with Crippen molar-refractivity contribution in [3.8, 4) is 0 Å². The summed E-state index contributed by atoms with van der Waals surface area (Å²) < 4.78 is 0. The van der Waals surface area contributed by atoms with Gasteiger partial charge in [-0.25, -0.2) is 0 Å². The van der Waals surface area contributed by atoms with E-state index in [1.807, 2.05) is 0 Å². The van der Waals surface area contributed by atoms with E-state index in [1.165, 1.54) is 53.7 Å². The van der Waals surface area contributed by atoms with Gasteiger partial charge < -0.3 is 0 Å². The Morgan fingerprint density at radius 1 is 1.14 bits per heavy atom. The number of rotatable bonds is 3. The van der Waals surface area contributed by atoms with E-state index in [0.717, 1.165) is 10.9 Å². The summed E-state index contributed by atoms with van der Waals surface area (Å²) in [6.07, 6.45) is 6.89. The van der Waals surface area contributed by atoms with Gasteiger partial charge in [-0.1, -0.05) is 71.1 Å². The molecule has 1 aromatic heterocycles. The lowest BCUT2D eigenvalue weighted by Crippen LogP contribution is -2.04. The zero-order valence-corrected chi connectivity index (χ0v) is 15.4. The van der Waals surface area contributed by atoms with Crippen LogP contribution in [0, 0.1) is 6.92 Å². The maximum Gasteiger partial charge on any atom is 0.0753 e. The summed E-state index contributed by atoms with van der Waals surface area (Å²) in [5.74, 6) is 0.772. The molecule has 1 aromatic carbocycles. The van der Waals surface area contributed by atoms with Crippen LogP contribution in [0.1, 0.15) is 64.4 Å².